The molecule has 1 amide bonds. The molecule has 0 aliphatic heterocycles. The van der Waals surface area contributed by atoms with Gasteiger partial charge in [0.15, 0.2) is 24.8 Å². The minimum atomic E-state index is -0.717. The second kappa shape index (κ2) is 9.28. The van der Waals surface area contributed by atoms with E-state index >= 15 is 0 Å². The number of carbonyl (C=O) groups excluding carboxylic acids is 4. The van der Waals surface area contributed by atoms with E-state index in [0.717, 1.165) is 0 Å². The number of hydrogen-bond donors (Lipinski definition) is 1. The van der Waals surface area contributed by atoms with Crippen molar-refractivity contribution < 1.29 is 28.7 Å². The highest BCUT2D eigenvalue weighted by Crippen LogP contribution is 2.14. The Kier molecular flexibility index (Phi) is 6.82. The van der Waals surface area contributed by atoms with E-state index in [9.17, 15) is 19.2 Å². The number of carbonyl (C=O) groups is 4. The zero-order valence-corrected chi connectivity index (χ0v) is 15.0. The molecule has 0 aromatic heterocycles. The van der Waals surface area contributed by atoms with E-state index in [0.29, 0.717) is 22.6 Å². The van der Waals surface area contributed by atoms with Gasteiger partial charge in [-0.15, -0.1) is 0 Å². The van der Waals surface area contributed by atoms with Crippen molar-refractivity contribution in [3.8, 4) is 5.75 Å². The van der Waals surface area contributed by atoms with Crippen LogP contribution in [-0.2, 0) is 14.3 Å². The van der Waals surface area contributed by atoms with Gasteiger partial charge in [-0.3, -0.25) is 14.4 Å². The second-order valence-corrected chi connectivity index (χ2v) is 5.72. The fourth-order valence-electron chi connectivity index (χ4n) is 2.12. The van der Waals surface area contributed by atoms with E-state index < -0.39 is 18.5 Å². The van der Waals surface area contributed by atoms with Gasteiger partial charge in [-0.05, 0) is 50.2 Å². The molecule has 0 aliphatic carbocycles. The first-order valence-corrected chi connectivity index (χ1v) is 8.15. The minimum Gasteiger partial charge on any atom is -0.482 e. The van der Waals surface area contributed by atoms with Gasteiger partial charge in [0.25, 0.3) is 5.91 Å². The Balaban J connectivity index is 1.76. The molecule has 7 nitrogen and oxygen atoms in total. The second-order valence-electron chi connectivity index (χ2n) is 5.72. The van der Waals surface area contributed by atoms with Gasteiger partial charge in [0.1, 0.15) is 5.75 Å². The van der Waals surface area contributed by atoms with Gasteiger partial charge in [-0.2, -0.15) is 0 Å². The molecule has 0 heterocycles. The number of anilines is 1. The van der Waals surface area contributed by atoms with Crippen molar-refractivity contribution in [2.45, 2.75) is 13.8 Å². The number of amides is 1. The average Bonchev–Trinajstić information content (AvgIpc) is 2.65. The Hall–Kier alpha value is -3.48. The molecule has 7 heteroatoms. The van der Waals surface area contributed by atoms with Crippen LogP contribution in [0.4, 0.5) is 5.69 Å². The van der Waals surface area contributed by atoms with Gasteiger partial charge in [0.2, 0.25) is 0 Å². The molecule has 0 saturated carbocycles. The lowest BCUT2D eigenvalue weighted by atomic mass is 10.1. The first kappa shape index (κ1) is 19.8. The van der Waals surface area contributed by atoms with Crippen molar-refractivity contribution in [2.24, 2.45) is 0 Å². The van der Waals surface area contributed by atoms with Crippen LogP contribution < -0.4 is 10.1 Å². The van der Waals surface area contributed by atoms with Gasteiger partial charge in [0.05, 0.1) is 0 Å². The zero-order valence-electron chi connectivity index (χ0n) is 15.0. The molecular weight excluding hydrogens is 350 g/mol. The highest BCUT2D eigenvalue weighted by Gasteiger charge is 2.10. The number of Topliss-reactive ketones (excluding diaryl/α,β-unsaturated/α-hetero) is 2. The van der Waals surface area contributed by atoms with Gasteiger partial charge in [-0.25, -0.2) is 4.79 Å². The molecule has 0 fully saturated rings. The predicted octanol–water partition coefficient (Wildman–Crippen LogP) is 2.65. The molecular formula is C20H19NO6. The van der Waals surface area contributed by atoms with Crippen molar-refractivity contribution in [3.63, 3.8) is 0 Å². The highest BCUT2D eigenvalue weighted by atomic mass is 16.6. The van der Waals surface area contributed by atoms with Crippen molar-refractivity contribution in [1.29, 1.82) is 0 Å². The molecule has 0 bridgehead atoms. The lowest BCUT2D eigenvalue weighted by molar-refractivity contribution is -0.149. The summed E-state index contributed by atoms with van der Waals surface area (Å²) in [6.45, 7) is 2.03. The Morgan fingerprint density at radius 2 is 1.52 bits per heavy atom. The summed E-state index contributed by atoms with van der Waals surface area (Å²) in [5.74, 6) is -1.07. The number of esters is 1. The first-order chi connectivity index (χ1) is 12.8. The van der Waals surface area contributed by atoms with E-state index in [1.807, 2.05) is 0 Å². The van der Waals surface area contributed by atoms with Crippen molar-refractivity contribution in [3.05, 3.63) is 59.7 Å². The molecule has 0 aliphatic rings. The van der Waals surface area contributed by atoms with Crippen molar-refractivity contribution in [2.75, 3.05) is 18.5 Å². The molecule has 140 valence electrons. The molecule has 2 rings (SSSR count). The largest absolute Gasteiger partial charge is 0.482 e. The zero-order chi connectivity index (χ0) is 19.8. The number of nitrogens with one attached hydrogen (secondary N) is 1. The number of benzene rings is 2. The standard InChI is InChI=1S/C20H19NO6/c1-13(22)15-6-8-17(9-7-15)21-19(24)11-27-20(25)12-26-18-5-3-4-16(10-18)14(2)23/h3-10H,11-12H2,1-2H3,(H,21,24). The van der Waals surface area contributed by atoms with Crippen molar-refractivity contribution in [1.82, 2.24) is 0 Å². The van der Waals surface area contributed by atoms with E-state index in [1.54, 1.807) is 42.5 Å². The third kappa shape index (κ3) is 6.39. The number of rotatable bonds is 8. The normalized spacial score (nSPS) is 10.0. The minimum absolute atomic E-state index is 0.0735. The summed E-state index contributed by atoms with van der Waals surface area (Å²) in [6, 6.07) is 12.8. The van der Waals surface area contributed by atoms with Gasteiger partial charge >= 0.3 is 5.97 Å². The third-order valence-electron chi connectivity index (χ3n) is 3.54. The Morgan fingerprint density at radius 3 is 2.15 bits per heavy atom. The van der Waals surface area contributed by atoms with Crippen molar-refractivity contribution >= 4 is 29.1 Å². The van der Waals surface area contributed by atoms with Crippen LogP contribution in [-0.4, -0.2) is 36.7 Å². The van der Waals surface area contributed by atoms with Gasteiger partial charge in [0, 0.05) is 16.8 Å². The maximum Gasteiger partial charge on any atom is 0.344 e. The molecule has 2 aromatic carbocycles. The van der Waals surface area contributed by atoms with E-state index in [-0.39, 0.29) is 18.2 Å². The fraction of sp³-hybridized carbons (Fsp3) is 0.200. The van der Waals surface area contributed by atoms with Crippen LogP contribution in [0.1, 0.15) is 34.6 Å². The predicted molar refractivity (Wildman–Crippen MR) is 98.0 cm³/mol. The summed E-state index contributed by atoms with van der Waals surface area (Å²) in [7, 11) is 0. The topological polar surface area (TPSA) is 98.8 Å². The monoisotopic (exact) mass is 369 g/mol. The van der Waals surface area contributed by atoms with Crippen LogP contribution in [0.5, 0.6) is 5.75 Å². The summed E-state index contributed by atoms with van der Waals surface area (Å²) in [6.07, 6.45) is 0. The summed E-state index contributed by atoms with van der Waals surface area (Å²) in [5, 5.41) is 2.55. The lowest BCUT2D eigenvalue weighted by Crippen LogP contribution is -2.23. The molecule has 0 spiro atoms. The fourth-order valence-corrected chi connectivity index (χ4v) is 2.12. The summed E-state index contributed by atoms with van der Waals surface area (Å²) < 4.78 is 10.1. The van der Waals surface area contributed by atoms with Gasteiger partial charge < -0.3 is 14.8 Å². The SMILES string of the molecule is CC(=O)c1ccc(NC(=O)COC(=O)COc2cccc(C(C)=O)c2)cc1. The Morgan fingerprint density at radius 1 is 0.852 bits per heavy atom. The van der Waals surface area contributed by atoms with E-state index in [1.165, 1.54) is 19.9 Å². The number of ether oxygens (including phenoxy) is 2. The van der Waals surface area contributed by atoms with Crippen LogP contribution >= 0.6 is 0 Å². The number of hydrogen-bond acceptors (Lipinski definition) is 6. The molecule has 0 saturated heterocycles. The van der Waals surface area contributed by atoms with Crippen LogP contribution in [0.3, 0.4) is 0 Å². The third-order valence-corrected chi connectivity index (χ3v) is 3.54. The Labute approximate surface area is 156 Å². The summed E-state index contributed by atoms with van der Waals surface area (Å²) in [4.78, 5) is 46.0. The summed E-state index contributed by atoms with van der Waals surface area (Å²) in [5.41, 5.74) is 1.49. The summed E-state index contributed by atoms with van der Waals surface area (Å²) >= 11 is 0. The highest BCUT2D eigenvalue weighted by molar-refractivity contribution is 5.96. The lowest BCUT2D eigenvalue weighted by Gasteiger charge is -2.08. The molecule has 1 N–H and O–H groups in total. The quantitative estimate of drug-likeness (QED) is 0.567. The van der Waals surface area contributed by atoms with Crippen LogP contribution in [0, 0.1) is 0 Å². The first-order valence-electron chi connectivity index (χ1n) is 8.15. The average molecular weight is 369 g/mol. The maximum absolute atomic E-state index is 11.8. The smallest absolute Gasteiger partial charge is 0.344 e. The molecule has 0 unspecified atom stereocenters. The van der Waals surface area contributed by atoms with E-state index in [4.69, 9.17) is 9.47 Å². The molecule has 27 heavy (non-hydrogen) atoms. The maximum atomic E-state index is 11.8. The van der Waals surface area contributed by atoms with Crippen LogP contribution in [0.15, 0.2) is 48.5 Å². The van der Waals surface area contributed by atoms with E-state index in [2.05, 4.69) is 5.32 Å². The molecule has 2 aromatic rings. The molecule has 0 radical (unpaired) electrons. The molecule has 0 atom stereocenters. The number of ketones is 2. The van der Waals surface area contributed by atoms with Crippen LogP contribution in [0.2, 0.25) is 0 Å². The van der Waals surface area contributed by atoms with Crippen LogP contribution in [0.25, 0.3) is 0 Å². The Bertz CT molecular complexity index is 857. The van der Waals surface area contributed by atoms with Gasteiger partial charge in [-0.1, -0.05) is 12.1 Å².